The van der Waals surface area contributed by atoms with E-state index in [0.717, 1.165) is 36.5 Å². The standard InChI is InChI=1S/C15H22N4S/c1-4-6-13-18-14(16)11(3)15(19-13)17-10(2)9-12-7-5-8-20-12/h5,7-8,10H,4,6,9H2,1-3H3,(H3,16,17,18,19). The van der Waals surface area contributed by atoms with Crippen LogP contribution in [0.15, 0.2) is 17.5 Å². The van der Waals surface area contributed by atoms with E-state index in [-0.39, 0.29) is 0 Å². The van der Waals surface area contributed by atoms with Gasteiger partial charge in [-0.3, -0.25) is 0 Å². The summed E-state index contributed by atoms with van der Waals surface area (Å²) in [5.41, 5.74) is 6.91. The molecular weight excluding hydrogens is 268 g/mol. The van der Waals surface area contributed by atoms with Gasteiger partial charge in [0.1, 0.15) is 17.5 Å². The maximum absolute atomic E-state index is 5.97. The lowest BCUT2D eigenvalue weighted by Gasteiger charge is -2.17. The molecule has 0 saturated carbocycles. The van der Waals surface area contributed by atoms with Crippen LogP contribution in [0.25, 0.3) is 0 Å². The van der Waals surface area contributed by atoms with Crippen molar-refractivity contribution < 1.29 is 0 Å². The van der Waals surface area contributed by atoms with Gasteiger partial charge in [-0.05, 0) is 31.7 Å². The topological polar surface area (TPSA) is 63.8 Å². The molecule has 1 atom stereocenters. The second kappa shape index (κ2) is 6.70. The fourth-order valence-corrected chi connectivity index (χ4v) is 2.91. The van der Waals surface area contributed by atoms with Crippen LogP contribution < -0.4 is 11.1 Å². The van der Waals surface area contributed by atoms with Gasteiger partial charge in [0.2, 0.25) is 0 Å². The lowest BCUT2D eigenvalue weighted by Crippen LogP contribution is -2.20. The maximum Gasteiger partial charge on any atom is 0.134 e. The molecule has 3 N–H and O–H groups in total. The van der Waals surface area contributed by atoms with Gasteiger partial charge in [-0.2, -0.15) is 0 Å². The second-order valence-corrected chi connectivity index (χ2v) is 6.11. The molecule has 5 heteroatoms. The van der Waals surface area contributed by atoms with Gasteiger partial charge in [-0.25, -0.2) is 9.97 Å². The SMILES string of the molecule is CCCc1nc(N)c(C)c(NC(C)Cc2cccs2)n1. The van der Waals surface area contributed by atoms with Crippen molar-refractivity contribution in [3.05, 3.63) is 33.8 Å². The minimum atomic E-state index is 0.316. The van der Waals surface area contributed by atoms with E-state index in [9.17, 15) is 0 Å². The fourth-order valence-electron chi connectivity index (χ4n) is 2.07. The molecule has 0 radical (unpaired) electrons. The Hall–Kier alpha value is -1.62. The molecule has 2 aromatic heterocycles. The van der Waals surface area contributed by atoms with E-state index in [4.69, 9.17) is 5.73 Å². The minimum Gasteiger partial charge on any atom is -0.383 e. The summed E-state index contributed by atoms with van der Waals surface area (Å²) >= 11 is 1.78. The van der Waals surface area contributed by atoms with Gasteiger partial charge >= 0.3 is 0 Å². The van der Waals surface area contributed by atoms with Crippen LogP contribution in [-0.4, -0.2) is 16.0 Å². The first-order valence-electron chi connectivity index (χ1n) is 7.02. The number of nitrogens with one attached hydrogen (secondary N) is 1. The Balaban J connectivity index is 2.11. The predicted molar refractivity (Wildman–Crippen MR) is 86.3 cm³/mol. The first kappa shape index (κ1) is 14.8. The van der Waals surface area contributed by atoms with Crippen LogP contribution in [0.2, 0.25) is 0 Å². The molecule has 2 rings (SSSR count). The third kappa shape index (κ3) is 3.70. The highest BCUT2D eigenvalue weighted by atomic mass is 32.1. The van der Waals surface area contributed by atoms with Crippen molar-refractivity contribution in [2.24, 2.45) is 0 Å². The summed E-state index contributed by atoms with van der Waals surface area (Å²) in [7, 11) is 0. The molecule has 4 nitrogen and oxygen atoms in total. The summed E-state index contributed by atoms with van der Waals surface area (Å²) in [5, 5.41) is 5.57. The van der Waals surface area contributed by atoms with Crippen LogP contribution in [0, 0.1) is 6.92 Å². The second-order valence-electron chi connectivity index (χ2n) is 5.08. The average molecular weight is 290 g/mol. The molecule has 2 heterocycles. The lowest BCUT2D eigenvalue weighted by molar-refractivity contribution is 0.779. The minimum absolute atomic E-state index is 0.316. The zero-order chi connectivity index (χ0) is 14.5. The van der Waals surface area contributed by atoms with Gasteiger partial charge in [0, 0.05) is 29.3 Å². The fraction of sp³-hybridized carbons (Fsp3) is 0.467. The van der Waals surface area contributed by atoms with Gasteiger partial charge in [0.05, 0.1) is 0 Å². The van der Waals surface area contributed by atoms with E-state index in [1.807, 2.05) is 6.92 Å². The third-order valence-electron chi connectivity index (χ3n) is 3.17. The molecule has 0 fully saturated rings. The van der Waals surface area contributed by atoms with Gasteiger partial charge in [-0.15, -0.1) is 11.3 Å². The number of anilines is 2. The Kier molecular flexibility index (Phi) is 4.95. The van der Waals surface area contributed by atoms with Crippen LogP contribution in [-0.2, 0) is 12.8 Å². The van der Waals surface area contributed by atoms with Crippen LogP contribution in [0.5, 0.6) is 0 Å². The Morgan fingerprint density at radius 1 is 1.40 bits per heavy atom. The van der Waals surface area contributed by atoms with E-state index in [1.54, 1.807) is 11.3 Å². The van der Waals surface area contributed by atoms with Gasteiger partial charge in [0.15, 0.2) is 0 Å². The molecule has 108 valence electrons. The highest BCUT2D eigenvalue weighted by Gasteiger charge is 2.11. The van der Waals surface area contributed by atoms with E-state index >= 15 is 0 Å². The summed E-state index contributed by atoms with van der Waals surface area (Å²) in [6.45, 7) is 6.24. The van der Waals surface area contributed by atoms with Crippen LogP contribution >= 0.6 is 11.3 Å². The molecule has 0 aromatic carbocycles. The van der Waals surface area contributed by atoms with Crippen molar-refractivity contribution >= 4 is 23.0 Å². The maximum atomic E-state index is 5.97. The average Bonchev–Trinajstić information content (AvgIpc) is 2.88. The number of nitrogens with two attached hydrogens (primary N) is 1. The molecule has 0 aliphatic rings. The first-order chi connectivity index (χ1) is 9.60. The van der Waals surface area contributed by atoms with Crippen LogP contribution in [0.1, 0.15) is 36.5 Å². The quantitative estimate of drug-likeness (QED) is 0.855. The van der Waals surface area contributed by atoms with Crippen molar-refractivity contribution in [1.29, 1.82) is 0 Å². The summed E-state index contributed by atoms with van der Waals surface area (Å²) in [6, 6.07) is 4.56. The molecule has 2 aromatic rings. The van der Waals surface area contributed by atoms with Crippen molar-refractivity contribution in [3.63, 3.8) is 0 Å². The van der Waals surface area contributed by atoms with E-state index in [2.05, 4.69) is 46.6 Å². The summed E-state index contributed by atoms with van der Waals surface area (Å²) in [6.07, 6.45) is 2.87. The Morgan fingerprint density at radius 2 is 2.20 bits per heavy atom. The zero-order valence-electron chi connectivity index (χ0n) is 12.3. The number of hydrogen-bond donors (Lipinski definition) is 2. The number of nitrogens with zero attached hydrogens (tertiary/aromatic N) is 2. The number of thiophene rings is 1. The van der Waals surface area contributed by atoms with Crippen molar-refractivity contribution in [3.8, 4) is 0 Å². The molecule has 1 unspecified atom stereocenters. The largest absolute Gasteiger partial charge is 0.383 e. The molecule has 0 saturated heterocycles. The normalized spacial score (nSPS) is 12.3. The highest BCUT2D eigenvalue weighted by Crippen LogP contribution is 2.20. The first-order valence-corrected chi connectivity index (χ1v) is 7.90. The van der Waals surface area contributed by atoms with E-state index in [0.29, 0.717) is 11.9 Å². The molecule has 0 aliphatic heterocycles. The van der Waals surface area contributed by atoms with Crippen molar-refractivity contribution in [1.82, 2.24) is 9.97 Å². The third-order valence-corrected chi connectivity index (χ3v) is 4.07. The van der Waals surface area contributed by atoms with E-state index in [1.165, 1.54) is 4.88 Å². The molecule has 0 spiro atoms. The molecule has 0 aliphatic carbocycles. The monoisotopic (exact) mass is 290 g/mol. The van der Waals surface area contributed by atoms with Gasteiger partial charge in [-0.1, -0.05) is 13.0 Å². The summed E-state index contributed by atoms with van der Waals surface area (Å²) in [4.78, 5) is 10.3. The number of hydrogen-bond acceptors (Lipinski definition) is 5. The molecule has 20 heavy (non-hydrogen) atoms. The summed E-state index contributed by atoms with van der Waals surface area (Å²) < 4.78 is 0. The molecule has 0 bridgehead atoms. The molecule has 0 amide bonds. The van der Waals surface area contributed by atoms with Crippen molar-refractivity contribution in [2.75, 3.05) is 11.1 Å². The van der Waals surface area contributed by atoms with Crippen LogP contribution in [0.3, 0.4) is 0 Å². The highest BCUT2D eigenvalue weighted by molar-refractivity contribution is 7.09. The predicted octanol–water partition coefficient (Wildman–Crippen LogP) is 3.42. The van der Waals surface area contributed by atoms with Crippen molar-refractivity contribution in [2.45, 2.75) is 46.1 Å². The summed E-state index contributed by atoms with van der Waals surface area (Å²) in [5.74, 6) is 2.26. The van der Waals surface area contributed by atoms with Gasteiger partial charge in [0.25, 0.3) is 0 Å². The number of aromatic nitrogens is 2. The van der Waals surface area contributed by atoms with Crippen LogP contribution in [0.4, 0.5) is 11.6 Å². The Bertz CT molecular complexity index is 551. The number of aryl methyl sites for hydroxylation is 1. The zero-order valence-corrected chi connectivity index (χ0v) is 13.1. The van der Waals surface area contributed by atoms with E-state index < -0.39 is 0 Å². The smallest absolute Gasteiger partial charge is 0.134 e. The van der Waals surface area contributed by atoms with Gasteiger partial charge < -0.3 is 11.1 Å². The molecular formula is C15H22N4S. The number of rotatable bonds is 6. The number of nitrogen functional groups attached to an aromatic ring is 1. The lowest BCUT2D eigenvalue weighted by atomic mass is 10.2. The Labute approximate surface area is 124 Å². The Morgan fingerprint density at radius 3 is 2.85 bits per heavy atom.